The number of amides is 3. The van der Waals surface area contributed by atoms with Crippen molar-refractivity contribution in [2.75, 3.05) is 24.5 Å². The minimum Gasteiger partial charge on any atom is -0.444 e. The smallest absolute Gasteiger partial charge is 0.410 e. The summed E-state index contributed by atoms with van der Waals surface area (Å²) in [4.78, 5) is 47.5. The molecule has 3 aliphatic rings. The lowest BCUT2D eigenvalue weighted by molar-refractivity contribution is -0.125. The Balaban J connectivity index is 1.21. The zero-order chi connectivity index (χ0) is 28.7. The van der Waals surface area contributed by atoms with Gasteiger partial charge in [-0.2, -0.15) is 0 Å². The number of para-hydroxylation sites is 1. The van der Waals surface area contributed by atoms with E-state index in [1.807, 2.05) is 37.8 Å². The van der Waals surface area contributed by atoms with Gasteiger partial charge in [-0.25, -0.2) is 4.79 Å². The number of piperidine rings is 1. The molecule has 40 heavy (non-hydrogen) atoms. The maximum atomic E-state index is 14.1. The first-order valence-electron chi connectivity index (χ1n) is 14.3. The van der Waals surface area contributed by atoms with E-state index in [2.05, 4.69) is 22.4 Å². The van der Waals surface area contributed by atoms with Crippen molar-refractivity contribution in [2.24, 2.45) is 5.92 Å². The third kappa shape index (κ3) is 5.69. The van der Waals surface area contributed by atoms with E-state index in [4.69, 9.17) is 16.3 Å². The maximum Gasteiger partial charge on any atom is 0.410 e. The zero-order valence-corrected chi connectivity index (χ0v) is 24.6. The number of anilines is 1. The minimum atomic E-state index is -0.594. The molecule has 214 valence electrons. The van der Waals surface area contributed by atoms with Crippen LogP contribution in [0.25, 0.3) is 0 Å². The number of hydrogen-bond acceptors (Lipinski definition) is 5. The molecule has 5 rings (SSSR count). The number of pyridine rings is 1. The average Bonchev–Trinajstić information content (AvgIpc) is 3.13. The lowest BCUT2D eigenvalue weighted by atomic mass is 9.73. The molecule has 1 aromatic carbocycles. The molecule has 3 amide bonds. The molecule has 2 aromatic rings. The Bertz CT molecular complexity index is 1290. The van der Waals surface area contributed by atoms with Gasteiger partial charge in [0.1, 0.15) is 5.60 Å². The van der Waals surface area contributed by atoms with E-state index < -0.39 is 11.0 Å². The Labute approximate surface area is 241 Å². The molecule has 1 aliphatic carbocycles. The number of nitrogens with one attached hydrogen (secondary N) is 1. The third-order valence-electron chi connectivity index (χ3n) is 8.55. The van der Waals surface area contributed by atoms with Gasteiger partial charge >= 0.3 is 6.09 Å². The van der Waals surface area contributed by atoms with E-state index >= 15 is 0 Å². The standard InChI is InChI=1S/C31H39ClN4O4/c1-20-24(17-22(32)18-33-20)27(37)34-23-11-9-21(10-12-23)19-36-26-8-6-5-7-25(26)31(28(36)38)13-15-35(16-14-31)29(39)40-30(2,3)4/h5-8,17-18,21,23H,9-16,19H2,1-4H3,(H,34,37). The SMILES string of the molecule is Cc1ncc(Cl)cc1C(=O)NC1CCC(CN2C(=O)C3(CCN(C(=O)OC(C)(C)C)CC3)c3ccccc32)CC1. The molecule has 0 unspecified atom stereocenters. The molecule has 9 heteroatoms. The number of halogens is 1. The van der Waals surface area contributed by atoms with Crippen LogP contribution < -0.4 is 10.2 Å². The summed E-state index contributed by atoms with van der Waals surface area (Å²) in [5, 5.41) is 3.60. The zero-order valence-electron chi connectivity index (χ0n) is 23.8. The van der Waals surface area contributed by atoms with Gasteiger partial charge in [0.25, 0.3) is 5.91 Å². The van der Waals surface area contributed by atoms with Gasteiger partial charge in [-0.15, -0.1) is 0 Å². The maximum absolute atomic E-state index is 14.1. The predicted octanol–water partition coefficient (Wildman–Crippen LogP) is 5.65. The molecule has 1 saturated carbocycles. The first-order chi connectivity index (χ1) is 19.0. The summed E-state index contributed by atoms with van der Waals surface area (Å²) in [6, 6.07) is 9.88. The van der Waals surface area contributed by atoms with Crippen LogP contribution in [0, 0.1) is 12.8 Å². The van der Waals surface area contributed by atoms with Crippen LogP contribution in [0.3, 0.4) is 0 Å². The predicted molar refractivity (Wildman–Crippen MR) is 155 cm³/mol. The highest BCUT2D eigenvalue weighted by molar-refractivity contribution is 6.30. The fraction of sp³-hybridized carbons (Fsp3) is 0.548. The van der Waals surface area contributed by atoms with E-state index in [-0.39, 0.29) is 23.9 Å². The van der Waals surface area contributed by atoms with Crippen LogP contribution in [-0.2, 0) is 14.9 Å². The molecule has 0 atom stereocenters. The molecule has 3 heterocycles. The minimum absolute atomic E-state index is 0.0900. The van der Waals surface area contributed by atoms with Gasteiger partial charge in [-0.3, -0.25) is 14.6 Å². The Morgan fingerprint density at radius 2 is 1.80 bits per heavy atom. The molecule has 1 spiro atoms. The Hall–Kier alpha value is -3.13. The number of nitrogens with zero attached hydrogens (tertiary/aromatic N) is 3. The van der Waals surface area contributed by atoms with Crippen LogP contribution >= 0.6 is 11.6 Å². The first-order valence-corrected chi connectivity index (χ1v) is 14.7. The first kappa shape index (κ1) is 28.4. The molecule has 2 aliphatic heterocycles. The summed E-state index contributed by atoms with van der Waals surface area (Å²) in [5.74, 6) is 0.368. The summed E-state index contributed by atoms with van der Waals surface area (Å²) < 4.78 is 5.57. The average molecular weight is 567 g/mol. The summed E-state index contributed by atoms with van der Waals surface area (Å²) in [7, 11) is 0. The van der Waals surface area contributed by atoms with E-state index in [0.29, 0.717) is 54.7 Å². The van der Waals surface area contributed by atoms with Crippen molar-refractivity contribution in [3.63, 3.8) is 0 Å². The van der Waals surface area contributed by atoms with E-state index in [1.54, 1.807) is 24.1 Å². The van der Waals surface area contributed by atoms with Crippen LogP contribution in [-0.4, -0.2) is 59.1 Å². The normalized spacial score (nSPS) is 22.3. The molecular weight excluding hydrogens is 528 g/mol. The van der Waals surface area contributed by atoms with Gasteiger partial charge in [0, 0.05) is 37.6 Å². The van der Waals surface area contributed by atoms with Crippen LogP contribution in [0.4, 0.5) is 10.5 Å². The lowest BCUT2D eigenvalue weighted by Crippen LogP contribution is -2.51. The number of ether oxygens (including phenoxy) is 1. The quantitative estimate of drug-likeness (QED) is 0.516. The highest BCUT2D eigenvalue weighted by Crippen LogP contribution is 2.48. The van der Waals surface area contributed by atoms with E-state index in [9.17, 15) is 14.4 Å². The number of aryl methyl sites for hydroxylation is 1. The topological polar surface area (TPSA) is 91.8 Å². The highest BCUT2D eigenvalue weighted by atomic mass is 35.5. The number of carbonyl (C=O) groups is 3. The second-order valence-corrected chi connectivity index (χ2v) is 12.9. The summed E-state index contributed by atoms with van der Waals surface area (Å²) in [6.45, 7) is 9.06. The molecule has 0 bridgehead atoms. The largest absolute Gasteiger partial charge is 0.444 e. The van der Waals surface area contributed by atoms with E-state index in [0.717, 1.165) is 36.9 Å². The molecule has 8 nitrogen and oxygen atoms in total. The molecule has 2 fully saturated rings. The molecular formula is C31H39ClN4O4. The van der Waals surface area contributed by atoms with Gasteiger partial charge in [0.2, 0.25) is 5.91 Å². The van der Waals surface area contributed by atoms with Gasteiger partial charge in [0.15, 0.2) is 0 Å². The molecule has 1 aromatic heterocycles. The van der Waals surface area contributed by atoms with Crippen molar-refractivity contribution >= 4 is 35.2 Å². The van der Waals surface area contributed by atoms with Crippen LogP contribution in [0.2, 0.25) is 5.02 Å². The van der Waals surface area contributed by atoms with Gasteiger partial charge in [-0.05, 0) is 89.8 Å². The molecule has 0 radical (unpaired) electrons. The van der Waals surface area contributed by atoms with Crippen molar-refractivity contribution < 1.29 is 19.1 Å². The summed E-state index contributed by atoms with van der Waals surface area (Å²) >= 11 is 6.05. The Kier molecular flexibility index (Phi) is 7.83. The monoisotopic (exact) mass is 566 g/mol. The fourth-order valence-corrected chi connectivity index (χ4v) is 6.56. The Morgan fingerprint density at radius 3 is 2.48 bits per heavy atom. The van der Waals surface area contributed by atoms with Gasteiger partial charge in [0.05, 0.1) is 21.7 Å². The van der Waals surface area contributed by atoms with Crippen LogP contribution in [0.5, 0.6) is 0 Å². The van der Waals surface area contributed by atoms with Gasteiger partial charge in [-0.1, -0.05) is 29.8 Å². The second-order valence-electron chi connectivity index (χ2n) is 12.5. The van der Waals surface area contributed by atoms with Gasteiger partial charge < -0.3 is 19.9 Å². The van der Waals surface area contributed by atoms with Crippen molar-refractivity contribution in [1.29, 1.82) is 0 Å². The number of aromatic nitrogens is 1. The van der Waals surface area contributed by atoms with Crippen LogP contribution in [0.1, 0.15) is 80.9 Å². The number of fused-ring (bicyclic) bond motifs is 2. The van der Waals surface area contributed by atoms with Crippen molar-refractivity contribution in [3.8, 4) is 0 Å². The fourth-order valence-electron chi connectivity index (χ4n) is 6.41. The summed E-state index contributed by atoms with van der Waals surface area (Å²) in [6.07, 6.45) is 6.01. The van der Waals surface area contributed by atoms with Crippen LogP contribution in [0.15, 0.2) is 36.5 Å². The molecule has 1 N–H and O–H groups in total. The van der Waals surface area contributed by atoms with Crippen molar-refractivity contribution in [3.05, 3.63) is 58.4 Å². The number of hydrogen-bond donors (Lipinski definition) is 1. The number of carbonyl (C=O) groups excluding carboxylic acids is 3. The van der Waals surface area contributed by atoms with Crippen molar-refractivity contribution in [2.45, 2.75) is 83.3 Å². The second kappa shape index (κ2) is 11.0. The lowest BCUT2D eigenvalue weighted by Gasteiger charge is -2.39. The number of likely N-dealkylation sites (tertiary alicyclic amines) is 1. The highest BCUT2D eigenvalue weighted by Gasteiger charge is 2.52. The van der Waals surface area contributed by atoms with E-state index in [1.165, 1.54) is 0 Å². The number of rotatable bonds is 4. The third-order valence-corrected chi connectivity index (χ3v) is 8.76. The molecule has 1 saturated heterocycles. The summed E-state index contributed by atoms with van der Waals surface area (Å²) in [5.41, 5.74) is 2.10. The Morgan fingerprint density at radius 1 is 1.12 bits per heavy atom. The van der Waals surface area contributed by atoms with Crippen molar-refractivity contribution in [1.82, 2.24) is 15.2 Å². The number of benzene rings is 1.